The van der Waals surface area contributed by atoms with E-state index in [-0.39, 0.29) is 11.3 Å². The van der Waals surface area contributed by atoms with Crippen molar-refractivity contribution < 1.29 is 13.2 Å². The number of nitrogens with zero attached hydrogens (tertiary/aromatic N) is 1. The standard InChI is InChI=1S/C12H24N2O3S/c1-4-12(2)6-5-8-14(9-7-12)11(15)10-18(16,17)13-3/h13H,4-10H2,1-3H3. The quantitative estimate of drug-likeness (QED) is 0.832. The molecule has 18 heavy (non-hydrogen) atoms. The Morgan fingerprint density at radius 3 is 2.56 bits per heavy atom. The maximum absolute atomic E-state index is 11.9. The fourth-order valence-corrected chi connectivity index (χ4v) is 2.92. The predicted octanol–water partition coefficient (Wildman–Crippen LogP) is 0.964. The summed E-state index contributed by atoms with van der Waals surface area (Å²) in [4.78, 5) is 13.6. The molecule has 1 aliphatic rings. The first kappa shape index (κ1) is 15.4. The minimum absolute atomic E-state index is 0.287. The number of nitrogens with one attached hydrogen (secondary N) is 1. The van der Waals surface area contributed by atoms with Crippen LogP contribution in [0.3, 0.4) is 0 Å². The minimum atomic E-state index is -3.46. The molecule has 1 heterocycles. The van der Waals surface area contributed by atoms with Crippen molar-refractivity contribution in [3.63, 3.8) is 0 Å². The zero-order chi connectivity index (χ0) is 13.8. The molecule has 0 aliphatic carbocycles. The van der Waals surface area contributed by atoms with E-state index in [1.165, 1.54) is 7.05 Å². The van der Waals surface area contributed by atoms with Crippen LogP contribution in [0.4, 0.5) is 0 Å². The molecule has 1 amide bonds. The molecule has 1 atom stereocenters. The summed E-state index contributed by atoms with van der Waals surface area (Å²) < 4.78 is 24.9. The lowest BCUT2D eigenvalue weighted by atomic mass is 9.80. The molecular weight excluding hydrogens is 252 g/mol. The van der Waals surface area contributed by atoms with Gasteiger partial charge in [-0.15, -0.1) is 0 Å². The van der Waals surface area contributed by atoms with Crippen LogP contribution in [0.1, 0.15) is 39.5 Å². The van der Waals surface area contributed by atoms with E-state index in [0.29, 0.717) is 13.1 Å². The van der Waals surface area contributed by atoms with Crippen molar-refractivity contribution >= 4 is 15.9 Å². The number of amides is 1. The van der Waals surface area contributed by atoms with Gasteiger partial charge in [-0.25, -0.2) is 13.1 Å². The van der Waals surface area contributed by atoms with E-state index in [1.54, 1.807) is 4.90 Å². The summed E-state index contributed by atoms with van der Waals surface area (Å²) in [7, 11) is -2.12. The Morgan fingerprint density at radius 1 is 1.33 bits per heavy atom. The van der Waals surface area contributed by atoms with Crippen molar-refractivity contribution in [1.82, 2.24) is 9.62 Å². The minimum Gasteiger partial charge on any atom is -0.342 e. The van der Waals surface area contributed by atoms with Gasteiger partial charge in [-0.2, -0.15) is 0 Å². The SMILES string of the molecule is CCC1(C)CCCN(C(=O)CS(=O)(=O)NC)CC1. The summed E-state index contributed by atoms with van der Waals surface area (Å²) in [6, 6.07) is 0. The molecule has 6 heteroatoms. The molecule has 0 saturated carbocycles. The second kappa shape index (κ2) is 6.02. The lowest BCUT2D eigenvalue weighted by Crippen LogP contribution is -2.39. The van der Waals surface area contributed by atoms with Crippen molar-refractivity contribution in [2.75, 3.05) is 25.9 Å². The van der Waals surface area contributed by atoms with Crippen LogP contribution < -0.4 is 4.72 Å². The Hall–Kier alpha value is -0.620. The van der Waals surface area contributed by atoms with Crippen LogP contribution in [0.15, 0.2) is 0 Å². The van der Waals surface area contributed by atoms with Crippen LogP contribution in [0.5, 0.6) is 0 Å². The summed E-state index contributed by atoms with van der Waals surface area (Å²) in [6.07, 6.45) is 4.11. The van der Waals surface area contributed by atoms with E-state index >= 15 is 0 Å². The fourth-order valence-electron chi connectivity index (χ4n) is 2.27. The van der Waals surface area contributed by atoms with E-state index in [0.717, 1.165) is 25.7 Å². The Morgan fingerprint density at radius 2 is 2.00 bits per heavy atom. The van der Waals surface area contributed by atoms with Gasteiger partial charge < -0.3 is 4.90 Å². The Kier molecular flexibility index (Phi) is 5.16. The van der Waals surface area contributed by atoms with Crippen molar-refractivity contribution in [2.45, 2.75) is 39.5 Å². The third-order valence-electron chi connectivity index (χ3n) is 4.02. The second-order valence-electron chi connectivity index (χ2n) is 5.36. The van der Waals surface area contributed by atoms with Crippen LogP contribution in [0.25, 0.3) is 0 Å². The maximum Gasteiger partial charge on any atom is 0.239 e. The number of carbonyl (C=O) groups is 1. The molecule has 106 valence electrons. The van der Waals surface area contributed by atoms with Crippen molar-refractivity contribution in [1.29, 1.82) is 0 Å². The summed E-state index contributed by atoms with van der Waals surface area (Å²) in [5.41, 5.74) is 0.289. The first-order valence-electron chi connectivity index (χ1n) is 6.51. The lowest BCUT2D eigenvalue weighted by molar-refractivity contribution is -0.128. The number of likely N-dealkylation sites (tertiary alicyclic amines) is 1. The Labute approximate surface area is 110 Å². The topological polar surface area (TPSA) is 66.5 Å². The van der Waals surface area contributed by atoms with Gasteiger partial charge in [0.1, 0.15) is 5.75 Å². The zero-order valence-corrected chi connectivity index (χ0v) is 12.3. The molecule has 5 nitrogen and oxygen atoms in total. The first-order chi connectivity index (χ1) is 8.32. The predicted molar refractivity (Wildman–Crippen MR) is 71.7 cm³/mol. The van der Waals surface area contributed by atoms with Gasteiger partial charge in [0.05, 0.1) is 0 Å². The molecule has 1 unspecified atom stereocenters. The molecule has 1 fully saturated rings. The van der Waals surface area contributed by atoms with Gasteiger partial charge in [-0.3, -0.25) is 4.79 Å². The number of rotatable bonds is 4. The molecule has 0 aromatic carbocycles. The fraction of sp³-hybridized carbons (Fsp3) is 0.917. The Bertz CT molecular complexity index is 394. The van der Waals surface area contributed by atoms with Crippen molar-refractivity contribution in [3.8, 4) is 0 Å². The molecule has 1 saturated heterocycles. The van der Waals surface area contributed by atoms with Crippen LogP contribution in [-0.2, 0) is 14.8 Å². The van der Waals surface area contributed by atoms with E-state index in [4.69, 9.17) is 0 Å². The highest BCUT2D eigenvalue weighted by molar-refractivity contribution is 7.90. The molecule has 0 aromatic rings. The maximum atomic E-state index is 11.9. The normalized spacial score (nSPS) is 25.8. The average Bonchev–Trinajstić information content (AvgIpc) is 2.52. The molecule has 0 bridgehead atoms. The Balaban J connectivity index is 2.61. The van der Waals surface area contributed by atoms with Gasteiger partial charge in [0.15, 0.2) is 0 Å². The zero-order valence-electron chi connectivity index (χ0n) is 11.5. The van der Waals surface area contributed by atoms with E-state index in [2.05, 4.69) is 18.6 Å². The monoisotopic (exact) mass is 276 g/mol. The van der Waals surface area contributed by atoms with Gasteiger partial charge >= 0.3 is 0 Å². The number of hydrogen-bond acceptors (Lipinski definition) is 3. The smallest absolute Gasteiger partial charge is 0.239 e. The van der Waals surface area contributed by atoms with E-state index in [1.807, 2.05) is 0 Å². The summed E-state index contributed by atoms with van der Waals surface area (Å²) in [5, 5.41) is 0. The van der Waals surface area contributed by atoms with Crippen LogP contribution in [0, 0.1) is 5.41 Å². The number of carbonyl (C=O) groups excluding carboxylic acids is 1. The highest BCUT2D eigenvalue weighted by Gasteiger charge is 2.29. The largest absolute Gasteiger partial charge is 0.342 e. The molecular formula is C12H24N2O3S. The average molecular weight is 276 g/mol. The third kappa shape index (κ3) is 4.24. The van der Waals surface area contributed by atoms with E-state index in [9.17, 15) is 13.2 Å². The molecule has 1 aliphatic heterocycles. The molecule has 0 spiro atoms. The summed E-state index contributed by atoms with van der Waals surface area (Å²) in [6.45, 7) is 5.75. The molecule has 0 radical (unpaired) electrons. The van der Waals surface area contributed by atoms with Gasteiger partial charge in [0.25, 0.3) is 0 Å². The molecule has 1 N–H and O–H groups in total. The molecule has 1 rings (SSSR count). The van der Waals surface area contributed by atoms with Gasteiger partial charge in [0, 0.05) is 13.1 Å². The summed E-state index contributed by atoms with van der Waals surface area (Å²) >= 11 is 0. The van der Waals surface area contributed by atoms with Crippen molar-refractivity contribution in [2.24, 2.45) is 5.41 Å². The third-order valence-corrected chi connectivity index (χ3v) is 5.27. The van der Waals surface area contributed by atoms with Gasteiger partial charge in [-0.05, 0) is 31.7 Å². The first-order valence-corrected chi connectivity index (χ1v) is 8.16. The van der Waals surface area contributed by atoms with Crippen molar-refractivity contribution in [3.05, 3.63) is 0 Å². The number of sulfonamides is 1. The highest BCUT2D eigenvalue weighted by Crippen LogP contribution is 2.33. The molecule has 0 aromatic heterocycles. The van der Waals surface area contributed by atoms with Gasteiger partial charge in [-0.1, -0.05) is 20.3 Å². The van der Waals surface area contributed by atoms with Crippen LogP contribution in [-0.4, -0.2) is 45.1 Å². The summed E-state index contributed by atoms with van der Waals surface area (Å²) in [5.74, 6) is -0.725. The van der Waals surface area contributed by atoms with Crippen LogP contribution >= 0.6 is 0 Å². The second-order valence-corrected chi connectivity index (χ2v) is 7.29. The van der Waals surface area contributed by atoms with E-state index < -0.39 is 15.8 Å². The van der Waals surface area contributed by atoms with Gasteiger partial charge in [0.2, 0.25) is 15.9 Å². The number of hydrogen-bond donors (Lipinski definition) is 1. The highest BCUT2D eigenvalue weighted by atomic mass is 32.2. The van der Waals surface area contributed by atoms with Crippen LogP contribution in [0.2, 0.25) is 0 Å². The lowest BCUT2D eigenvalue weighted by Gasteiger charge is -2.26.